The van der Waals surface area contributed by atoms with Gasteiger partial charge in [-0.25, -0.2) is 0 Å². The molecule has 6 heteroatoms. The highest BCUT2D eigenvalue weighted by Crippen LogP contribution is 2.25. The van der Waals surface area contributed by atoms with Crippen molar-refractivity contribution in [3.05, 3.63) is 59.7 Å². The van der Waals surface area contributed by atoms with Gasteiger partial charge < -0.3 is 20.1 Å². The number of hydrogen-bond acceptors (Lipinski definition) is 4. The van der Waals surface area contributed by atoms with E-state index in [1.807, 2.05) is 24.3 Å². The van der Waals surface area contributed by atoms with Gasteiger partial charge in [0, 0.05) is 13.1 Å². The molecular formula is C24H33N3O2S. The summed E-state index contributed by atoms with van der Waals surface area (Å²) in [5.74, 6) is 1.77. The molecule has 0 radical (unpaired) electrons. The maximum absolute atomic E-state index is 5.54. The van der Waals surface area contributed by atoms with Gasteiger partial charge in [-0.05, 0) is 80.0 Å². The first-order valence-corrected chi connectivity index (χ1v) is 11.1. The average molecular weight is 428 g/mol. The molecule has 1 aliphatic rings. The summed E-state index contributed by atoms with van der Waals surface area (Å²) in [5, 5.41) is 7.48. The smallest absolute Gasteiger partial charge is 0.166 e. The molecule has 1 saturated heterocycles. The van der Waals surface area contributed by atoms with Crippen LogP contribution in [0.15, 0.2) is 48.5 Å². The number of nitrogens with one attached hydrogen (secondary N) is 2. The summed E-state index contributed by atoms with van der Waals surface area (Å²) in [6.45, 7) is 3.86. The van der Waals surface area contributed by atoms with E-state index in [-0.39, 0.29) is 0 Å². The molecule has 0 amide bonds. The molecule has 1 atom stereocenters. The van der Waals surface area contributed by atoms with Crippen molar-refractivity contribution in [3.8, 4) is 11.5 Å². The molecule has 1 fully saturated rings. The standard InChI is InChI=1S/C24H33N3O2S/c1-28-21-10-6-19(7-11-21)14-15-25-24(30)26-18-23(27-16-4-3-5-17-27)20-8-12-22(29-2)13-9-20/h6-13,23H,3-5,14-18H2,1-2H3,(H2,25,26,30). The van der Waals surface area contributed by atoms with E-state index in [1.165, 1.54) is 30.4 Å². The fraction of sp³-hybridized carbons (Fsp3) is 0.458. The maximum Gasteiger partial charge on any atom is 0.166 e. The molecule has 3 rings (SSSR count). The lowest BCUT2D eigenvalue weighted by molar-refractivity contribution is 0.164. The Morgan fingerprint density at radius 1 is 0.900 bits per heavy atom. The van der Waals surface area contributed by atoms with Gasteiger partial charge in [-0.1, -0.05) is 30.7 Å². The first-order chi connectivity index (χ1) is 14.7. The van der Waals surface area contributed by atoms with Crippen molar-refractivity contribution in [2.24, 2.45) is 0 Å². The Morgan fingerprint density at radius 2 is 1.50 bits per heavy atom. The van der Waals surface area contributed by atoms with Crippen molar-refractivity contribution in [2.75, 3.05) is 40.4 Å². The third-order valence-corrected chi connectivity index (χ3v) is 5.93. The summed E-state index contributed by atoms with van der Waals surface area (Å²) in [6.07, 6.45) is 4.76. The predicted molar refractivity (Wildman–Crippen MR) is 126 cm³/mol. The molecule has 2 N–H and O–H groups in total. The second-order valence-electron chi connectivity index (χ2n) is 7.62. The number of benzene rings is 2. The number of thiocarbonyl (C=S) groups is 1. The van der Waals surface area contributed by atoms with Crippen LogP contribution in [0.2, 0.25) is 0 Å². The molecule has 30 heavy (non-hydrogen) atoms. The third kappa shape index (κ3) is 6.61. The van der Waals surface area contributed by atoms with Gasteiger partial charge in [-0.15, -0.1) is 0 Å². The van der Waals surface area contributed by atoms with Crippen LogP contribution in [-0.2, 0) is 6.42 Å². The van der Waals surface area contributed by atoms with Crippen LogP contribution in [0.3, 0.4) is 0 Å². The fourth-order valence-corrected chi connectivity index (χ4v) is 4.06. The highest BCUT2D eigenvalue weighted by molar-refractivity contribution is 7.80. The summed E-state index contributed by atoms with van der Waals surface area (Å²) in [6, 6.07) is 16.9. The Balaban J connectivity index is 1.51. The summed E-state index contributed by atoms with van der Waals surface area (Å²) in [7, 11) is 3.39. The Hall–Kier alpha value is -2.31. The van der Waals surface area contributed by atoms with E-state index >= 15 is 0 Å². The van der Waals surface area contributed by atoms with Gasteiger partial charge in [0.2, 0.25) is 0 Å². The van der Waals surface area contributed by atoms with Crippen LogP contribution in [-0.4, -0.2) is 50.4 Å². The van der Waals surface area contributed by atoms with E-state index in [9.17, 15) is 0 Å². The first kappa shape index (κ1) is 22.4. The molecule has 1 heterocycles. The lowest BCUT2D eigenvalue weighted by Gasteiger charge is -2.35. The molecule has 1 aliphatic heterocycles. The molecule has 5 nitrogen and oxygen atoms in total. The number of hydrogen-bond donors (Lipinski definition) is 2. The Kier molecular flexibility index (Phi) is 8.78. The Morgan fingerprint density at radius 3 is 2.10 bits per heavy atom. The molecule has 2 aromatic carbocycles. The van der Waals surface area contributed by atoms with Crippen LogP contribution in [0.1, 0.15) is 36.4 Å². The van der Waals surface area contributed by atoms with E-state index in [4.69, 9.17) is 21.7 Å². The summed E-state index contributed by atoms with van der Waals surface area (Å²) >= 11 is 5.54. The van der Waals surface area contributed by atoms with Crippen molar-refractivity contribution in [3.63, 3.8) is 0 Å². The van der Waals surface area contributed by atoms with Crippen LogP contribution in [0.25, 0.3) is 0 Å². The summed E-state index contributed by atoms with van der Waals surface area (Å²) < 4.78 is 10.5. The van der Waals surface area contributed by atoms with Crippen LogP contribution in [0, 0.1) is 0 Å². The molecular weight excluding hydrogens is 394 g/mol. The van der Waals surface area contributed by atoms with E-state index in [0.717, 1.165) is 44.1 Å². The highest BCUT2D eigenvalue weighted by atomic mass is 32.1. The SMILES string of the molecule is COc1ccc(CCNC(=S)NCC(c2ccc(OC)cc2)N2CCCCC2)cc1. The lowest BCUT2D eigenvalue weighted by atomic mass is 10.0. The van der Waals surface area contributed by atoms with Crippen LogP contribution in [0.5, 0.6) is 11.5 Å². The quantitative estimate of drug-likeness (QED) is 0.591. The second kappa shape index (κ2) is 11.8. The minimum absolute atomic E-state index is 0.303. The van der Waals surface area contributed by atoms with Gasteiger partial charge in [0.25, 0.3) is 0 Å². The van der Waals surface area contributed by atoms with Gasteiger partial charge in [0.05, 0.1) is 20.3 Å². The van der Waals surface area contributed by atoms with Gasteiger partial charge in [-0.2, -0.15) is 0 Å². The van der Waals surface area contributed by atoms with Crippen molar-refractivity contribution < 1.29 is 9.47 Å². The van der Waals surface area contributed by atoms with E-state index in [1.54, 1.807) is 14.2 Å². The van der Waals surface area contributed by atoms with Gasteiger partial charge in [0.15, 0.2) is 5.11 Å². The molecule has 1 unspecified atom stereocenters. The van der Waals surface area contributed by atoms with Gasteiger partial charge >= 0.3 is 0 Å². The lowest BCUT2D eigenvalue weighted by Crippen LogP contribution is -2.43. The molecule has 0 spiro atoms. The first-order valence-electron chi connectivity index (χ1n) is 10.7. The normalized spacial score (nSPS) is 15.3. The van der Waals surface area contributed by atoms with Crippen LogP contribution < -0.4 is 20.1 Å². The number of nitrogens with zero attached hydrogens (tertiary/aromatic N) is 1. The fourth-order valence-electron chi connectivity index (χ4n) is 3.88. The van der Waals surface area contributed by atoms with Crippen molar-refractivity contribution in [2.45, 2.75) is 31.7 Å². The van der Waals surface area contributed by atoms with Crippen molar-refractivity contribution in [1.29, 1.82) is 0 Å². The monoisotopic (exact) mass is 427 g/mol. The summed E-state index contributed by atoms with van der Waals surface area (Å²) in [5.41, 5.74) is 2.56. The zero-order chi connectivity index (χ0) is 21.2. The van der Waals surface area contributed by atoms with E-state index in [2.05, 4.69) is 39.8 Å². The largest absolute Gasteiger partial charge is 0.497 e. The van der Waals surface area contributed by atoms with Gasteiger partial charge in [-0.3, -0.25) is 4.90 Å². The van der Waals surface area contributed by atoms with E-state index < -0.39 is 0 Å². The Labute approximate surface area is 185 Å². The maximum atomic E-state index is 5.54. The Bertz CT molecular complexity index is 774. The van der Waals surface area contributed by atoms with Gasteiger partial charge in [0.1, 0.15) is 11.5 Å². The van der Waals surface area contributed by atoms with Crippen LogP contribution in [0.4, 0.5) is 0 Å². The zero-order valence-corrected chi connectivity index (χ0v) is 18.8. The van der Waals surface area contributed by atoms with Crippen molar-refractivity contribution in [1.82, 2.24) is 15.5 Å². The topological polar surface area (TPSA) is 45.8 Å². The molecule has 2 aromatic rings. The second-order valence-corrected chi connectivity index (χ2v) is 8.03. The molecule has 0 saturated carbocycles. The zero-order valence-electron chi connectivity index (χ0n) is 18.0. The number of piperidine rings is 1. The molecule has 0 aliphatic carbocycles. The summed E-state index contributed by atoms with van der Waals surface area (Å²) in [4.78, 5) is 2.57. The average Bonchev–Trinajstić information content (AvgIpc) is 2.81. The van der Waals surface area contributed by atoms with Crippen molar-refractivity contribution >= 4 is 17.3 Å². The number of methoxy groups -OCH3 is 2. The molecule has 0 aromatic heterocycles. The highest BCUT2D eigenvalue weighted by Gasteiger charge is 2.22. The predicted octanol–water partition coefficient (Wildman–Crippen LogP) is 3.94. The molecule has 162 valence electrons. The number of ether oxygens (including phenoxy) is 2. The van der Waals surface area contributed by atoms with Crippen LogP contribution >= 0.6 is 12.2 Å². The third-order valence-electron chi connectivity index (χ3n) is 5.65. The number of likely N-dealkylation sites (tertiary alicyclic amines) is 1. The number of rotatable bonds is 9. The molecule has 0 bridgehead atoms. The minimum Gasteiger partial charge on any atom is -0.497 e. The minimum atomic E-state index is 0.303. The van der Waals surface area contributed by atoms with E-state index in [0.29, 0.717) is 11.2 Å².